The maximum absolute atomic E-state index is 12.6. The van der Waals surface area contributed by atoms with Crippen LogP contribution in [0.4, 0.5) is 0 Å². The van der Waals surface area contributed by atoms with Crippen molar-refractivity contribution < 1.29 is 9.59 Å². The fraction of sp³-hybridized carbons (Fsp3) is 0.882. The van der Waals surface area contributed by atoms with Crippen molar-refractivity contribution in [2.24, 2.45) is 5.41 Å². The summed E-state index contributed by atoms with van der Waals surface area (Å²) in [5.41, 5.74) is -0.260. The summed E-state index contributed by atoms with van der Waals surface area (Å²) in [6.07, 6.45) is 9.01. The largest absolute Gasteiger partial charge is 0.354 e. The molecule has 1 aliphatic heterocycles. The van der Waals surface area contributed by atoms with Crippen molar-refractivity contribution in [3.63, 3.8) is 0 Å². The number of hydrogen-bond acceptors (Lipinski definition) is 2. The molecule has 4 nitrogen and oxygen atoms in total. The molecule has 0 aromatic heterocycles. The van der Waals surface area contributed by atoms with Crippen molar-refractivity contribution in [2.45, 2.75) is 84.6 Å². The van der Waals surface area contributed by atoms with E-state index in [0.29, 0.717) is 13.0 Å². The number of carbonyl (C=O) groups is 2. The van der Waals surface area contributed by atoms with Crippen LogP contribution >= 0.6 is 0 Å². The molecule has 21 heavy (non-hydrogen) atoms. The molecule has 1 rings (SSSR count). The van der Waals surface area contributed by atoms with Crippen LogP contribution in [0.5, 0.6) is 0 Å². The van der Waals surface area contributed by atoms with Crippen LogP contribution < -0.4 is 10.6 Å². The van der Waals surface area contributed by atoms with Gasteiger partial charge in [0, 0.05) is 24.4 Å². The second kappa shape index (κ2) is 9.06. The van der Waals surface area contributed by atoms with Crippen molar-refractivity contribution >= 4 is 11.8 Å². The molecule has 2 amide bonds. The van der Waals surface area contributed by atoms with Crippen LogP contribution in [0.2, 0.25) is 0 Å². The number of piperidine rings is 1. The average Bonchev–Trinajstić information content (AvgIpc) is 2.46. The minimum absolute atomic E-state index is 0.0939. The number of hydrogen-bond donors (Lipinski definition) is 2. The maximum atomic E-state index is 12.6. The molecule has 0 aromatic carbocycles. The summed E-state index contributed by atoms with van der Waals surface area (Å²) in [4.78, 5) is 23.8. The van der Waals surface area contributed by atoms with Crippen LogP contribution in [0.1, 0.15) is 78.6 Å². The van der Waals surface area contributed by atoms with Gasteiger partial charge in [0.1, 0.15) is 0 Å². The second-order valence-electron chi connectivity index (χ2n) is 6.63. The van der Waals surface area contributed by atoms with Gasteiger partial charge in [0.15, 0.2) is 0 Å². The number of rotatable bonds is 9. The van der Waals surface area contributed by atoms with E-state index in [1.807, 2.05) is 0 Å². The van der Waals surface area contributed by atoms with Gasteiger partial charge in [0.05, 0.1) is 0 Å². The lowest BCUT2D eigenvalue weighted by molar-refractivity contribution is -0.133. The van der Waals surface area contributed by atoms with Gasteiger partial charge in [-0.05, 0) is 19.3 Å². The summed E-state index contributed by atoms with van der Waals surface area (Å²) in [6, 6.07) is 0.0991. The molecule has 0 aliphatic carbocycles. The molecule has 122 valence electrons. The monoisotopic (exact) mass is 296 g/mol. The zero-order chi connectivity index (χ0) is 15.7. The molecule has 4 heteroatoms. The van der Waals surface area contributed by atoms with Gasteiger partial charge in [-0.25, -0.2) is 0 Å². The Morgan fingerprint density at radius 3 is 2.57 bits per heavy atom. The fourth-order valence-electron chi connectivity index (χ4n) is 3.06. The Bertz CT molecular complexity index is 334. The lowest BCUT2D eigenvalue weighted by atomic mass is 9.79. The quantitative estimate of drug-likeness (QED) is 0.642. The van der Waals surface area contributed by atoms with Crippen molar-refractivity contribution in [3.05, 3.63) is 0 Å². The van der Waals surface area contributed by atoms with E-state index in [0.717, 1.165) is 32.1 Å². The molecule has 0 saturated carbocycles. The standard InChI is InChI=1S/C17H32N2O2/c1-4-6-7-8-12-17(3,11-5-2)16(21)19-14-9-10-15(20)18-13-14/h14H,4-13H2,1-3H3,(H,18,20)(H,19,21). The van der Waals surface area contributed by atoms with Crippen LogP contribution in [0.3, 0.4) is 0 Å². The molecule has 2 atom stereocenters. The summed E-state index contributed by atoms with van der Waals surface area (Å²) in [7, 11) is 0. The Balaban J connectivity index is 2.48. The lowest BCUT2D eigenvalue weighted by Crippen LogP contribution is -2.51. The summed E-state index contributed by atoms with van der Waals surface area (Å²) < 4.78 is 0. The Hall–Kier alpha value is -1.06. The number of carbonyl (C=O) groups excluding carboxylic acids is 2. The molecule has 2 unspecified atom stereocenters. The minimum Gasteiger partial charge on any atom is -0.354 e. The highest BCUT2D eigenvalue weighted by Crippen LogP contribution is 2.31. The highest BCUT2D eigenvalue weighted by Gasteiger charge is 2.33. The Morgan fingerprint density at radius 2 is 2.00 bits per heavy atom. The molecule has 0 spiro atoms. The van der Waals surface area contributed by atoms with Crippen LogP contribution in [0.15, 0.2) is 0 Å². The minimum atomic E-state index is -0.260. The van der Waals surface area contributed by atoms with E-state index in [9.17, 15) is 9.59 Å². The van der Waals surface area contributed by atoms with Crippen LogP contribution in [0, 0.1) is 5.41 Å². The normalized spacial score (nSPS) is 21.5. The number of amides is 2. The predicted molar refractivity (Wildman–Crippen MR) is 85.9 cm³/mol. The summed E-state index contributed by atoms with van der Waals surface area (Å²) in [6.45, 7) is 7.01. The van der Waals surface area contributed by atoms with Gasteiger partial charge in [0.2, 0.25) is 11.8 Å². The molecule has 0 radical (unpaired) electrons. The first-order valence-corrected chi connectivity index (χ1v) is 8.59. The topological polar surface area (TPSA) is 58.2 Å². The second-order valence-corrected chi connectivity index (χ2v) is 6.63. The third kappa shape index (κ3) is 6.06. The molecule has 0 aromatic rings. The average molecular weight is 296 g/mol. The number of nitrogens with one attached hydrogen (secondary N) is 2. The maximum Gasteiger partial charge on any atom is 0.226 e. The first-order valence-electron chi connectivity index (χ1n) is 8.59. The molecule has 2 N–H and O–H groups in total. The van der Waals surface area contributed by atoms with Crippen LogP contribution in [0.25, 0.3) is 0 Å². The fourth-order valence-corrected chi connectivity index (χ4v) is 3.06. The van der Waals surface area contributed by atoms with E-state index >= 15 is 0 Å². The first-order chi connectivity index (χ1) is 10.0. The molecule has 1 fully saturated rings. The highest BCUT2D eigenvalue weighted by atomic mass is 16.2. The molecular formula is C17H32N2O2. The van der Waals surface area contributed by atoms with Crippen molar-refractivity contribution in [2.75, 3.05) is 6.54 Å². The molecule has 1 saturated heterocycles. The Morgan fingerprint density at radius 1 is 1.24 bits per heavy atom. The van der Waals surface area contributed by atoms with Gasteiger partial charge in [-0.3, -0.25) is 9.59 Å². The van der Waals surface area contributed by atoms with Crippen molar-refractivity contribution in [1.82, 2.24) is 10.6 Å². The van der Waals surface area contributed by atoms with Gasteiger partial charge in [0.25, 0.3) is 0 Å². The van der Waals surface area contributed by atoms with E-state index in [-0.39, 0.29) is 23.3 Å². The van der Waals surface area contributed by atoms with E-state index in [1.165, 1.54) is 19.3 Å². The summed E-state index contributed by atoms with van der Waals surface area (Å²) in [5, 5.41) is 5.98. The van der Waals surface area contributed by atoms with Crippen LogP contribution in [-0.4, -0.2) is 24.4 Å². The van der Waals surface area contributed by atoms with Gasteiger partial charge >= 0.3 is 0 Å². The predicted octanol–water partition coefficient (Wildman–Crippen LogP) is 3.16. The van der Waals surface area contributed by atoms with E-state index < -0.39 is 0 Å². The van der Waals surface area contributed by atoms with Gasteiger partial charge in [-0.15, -0.1) is 0 Å². The molecule has 0 bridgehead atoms. The zero-order valence-electron chi connectivity index (χ0n) is 14.0. The van der Waals surface area contributed by atoms with E-state index in [1.54, 1.807) is 0 Å². The zero-order valence-corrected chi connectivity index (χ0v) is 14.0. The lowest BCUT2D eigenvalue weighted by Gasteiger charge is -2.32. The molecular weight excluding hydrogens is 264 g/mol. The third-order valence-corrected chi connectivity index (χ3v) is 4.53. The van der Waals surface area contributed by atoms with Gasteiger partial charge in [-0.2, -0.15) is 0 Å². The van der Waals surface area contributed by atoms with Gasteiger partial charge in [-0.1, -0.05) is 52.9 Å². The molecule has 1 aliphatic rings. The van der Waals surface area contributed by atoms with E-state index in [4.69, 9.17) is 0 Å². The van der Waals surface area contributed by atoms with E-state index in [2.05, 4.69) is 31.4 Å². The smallest absolute Gasteiger partial charge is 0.226 e. The molecule has 1 heterocycles. The van der Waals surface area contributed by atoms with Gasteiger partial charge < -0.3 is 10.6 Å². The van der Waals surface area contributed by atoms with Crippen molar-refractivity contribution in [3.8, 4) is 0 Å². The highest BCUT2D eigenvalue weighted by molar-refractivity contribution is 5.83. The summed E-state index contributed by atoms with van der Waals surface area (Å²) >= 11 is 0. The van der Waals surface area contributed by atoms with Crippen molar-refractivity contribution in [1.29, 1.82) is 0 Å². The first kappa shape index (κ1) is 18.0. The number of unbranched alkanes of at least 4 members (excludes halogenated alkanes) is 3. The van der Waals surface area contributed by atoms with Crippen LogP contribution in [-0.2, 0) is 9.59 Å². The Kier molecular flexibility index (Phi) is 7.76. The summed E-state index contributed by atoms with van der Waals surface area (Å²) in [5.74, 6) is 0.262. The SMILES string of the molecule is CCCCCCC(C)(CCC)C(=O)NC1CCC(=O)NC1. The Labute approximate surface area is 129 Å². The third-order valence-electron chi connectivity index (χ3n) is 4.53.